The van der Waals surface area contributed by atoms with Crippen molar-refractivity contribution >= 4 is 34.3 Å². The molecule has 0 saturated heterocycles. The molecular formula is C27H23N5O4. The quantitative estimate of drug-likeness (QED) is 0.310. The molecule has 180 valence electrons. The summed E-state index contributed by atoms with van der Waals surface area (Å²) in [6, 6.07) is 17.3. The van der Waals surface area contributed by atoms with E-state index in [1.165, 1.54) is 12.5 Å². The minimum absolute atomic E-state index is 0.124. The van der Waals surface area contributed by atoms with E-state index in [9.17, 15) is 4.79 Å². The molecule has 0 aliphatic rings. The smallest absolute Gasteiger partial charge is 0.301 e. The molecule has 36 heavy (non-hydrogen) atoms. The summed E-state index contributed by atoms with van der Waals surface area (Å²) in [7, 11) is 3.23. The van der Waals surface area contributed by atoms with Gasteiger partial charge in [-0.1, -0.05) is 12.1 Å². The van der Waals surface area contributed by atoms with Crippen molar-refractivity contribution in [1.29, 1.82) is 0 Å². The van der Waals surface area contributed by atoms with Gasteiger partial charge in [0.25, 0.3) is 5.91 Å². The normalized spacial score (nSPS) is 10.7. The van der Waals surface area contributed by atoms with Crippen LogP contribution in [0, 0.1) is 0 Å². The number of oxazole rings is 1. The summed E-state index contributed by atoms with van der Waals surface area (Å²) in [6.07, 6.45) is 6.98. The van der Waals surface area contributed by atoms with Gasteiger partial charge in [-0.25, -0.2) is 9.97 Å². The summed E-state index contributed by atoms with van der Waals surface area (Å²) in [4.78, 5) is 25.4. The Bertz CT molecular complexity index is 1500. The van der Waals surface area contributed by atoms with Gasteiger partial charge >= 0.3 is 6.01 Å². The topological polar surface area (TPSA) is 111 Å². The van der Waals surface area contributed by atoms with Crippen molar-refractivity contribution in [2.24, 2.45) is 0 Å². The summed E-state index contributed by atoms with van der Waals surface area (Å²) in [5.41, 5.74) is 4.25. The Balaban J connectivity index is 1.34. The molecule has 2 N–H and O–H groups in total. The molecule has 3 heterocycles. The van der Waals surface area contributed by atoms with Crippen LogP contribution >= 0.6 is 0 Å². The highest BCUT2D eigenvalue weighted by atomic mass is 16.5. The number of ether oxygens (including phenoxy) is 2. The number of hydrogen-bond acceptors (Lipinski definition) is 8. The second-order valence-corrected chi connectivity index (χ2v) is 7.88. The molecule has 9 nitrogen and oxygen atoms in total. The van der Waals surface area contributed by atoms with Crippen LogP contribution in [0.4, 0.5) is 17.5 Å². The fraction of sp³-hybridized carbons (Fsp3) is 0.111. The van der Waals surface area contributed by atoms with Crippen LogP contribution in [-0.2, 0) is 6.42 Å². The Morgan fingerprint density at radius 1 is 0.917 bits per heavy atom. The lowest BCUT2D eigenvalue weighted by Crippen LogP contribution is -2.14. The van der Waals surface area contributed by atoms with E-state index in [4.69, 9.17) is 13.9 Å². The molecule has 0 aliphatic carbocycles. The predicted octanol–water partition coefficient (Wildman–Crippen LogP) is 5.22. The molecule has 3 aromatic heterocycles. The zero-order valence-electron chi connectivity index (χ0n) is 19.7. The number of carbonyl (C=O) groups excluding carboxylic acids is 1. The number of rotatable bonds is 8. The second-order valence-electron chi connectivity index (χ2n) is 7.88. The van der Waals surface area contributed by atoms with Crippen LogP contribution in [-0.4, -0.2) is 35.1 Å². The third-order valence-corrected chi connectivity index (χ3v) is 5.65. The minimum atomic E-state index is -0.374. The standard InChI is InChI=1S/C27H23N5O4/c1-34-23-15-21-18(9-11-28-22(21)16-24(23)35-2)14-17-5-7-19(8-6-17)31-25-20(4-3-10-29-25)26(33)32-27-30-12-13-36-27/h3-13,15-16H,14H2,1-2H3,(H,29,31)(H,30,32,33). The SMILES string of the molecule is COc1cc2nccc(Cc3ccc(Nc4ncccc4C(=O)Nc4ncco4)cc3)c2cc1OC. The Hall–Kier alpha value is -4.92. The molecule has 0 atom stereocenters. The number of aromatic nitrogens is 3. The van der Waals surface area contributed by atoms with Crippen molar-refractivity contribution < 1.29 is 18.7 Å². The molecule has 0 fully saturated rings. The van der Waals surface area contributed by atoms with Gasteiger partial charge in [-0.15, -0.1) is 0 Å². The number of methoxy groups -OCH3 is 2. The largest absolute Gasteiger partial charge is 0.493 e. The molecule has 0 saturated carbocycles. The van der Waals surface area contributed by atoms with Crippen LogP contribution in [0.15, 0.2) is 83.9 Å². The van der Waals surface area contributed by atoms with Crippen LogP contribution < -0.4 is 20.1 Å². The number of carbonyl (C=O) groups is 1. The molecule has 0 bridgehead atoms. The maximum absolute atomic E-state index is 12.7. The zero-order valence-corrected chi connectivity index (χ0v) is 19.7. The summed E-state index contributed by atoms with van der Waals surface area (Å²) < 4.78 is 16.0. The number of nitrogens with one attached hydrogen (secondary N) is 2. The van der Waals surface area contributed by atoms with Gasteiger partial charge < -0.3 is 19.2 Å². The predicted molar refractivity (Wildman–Crippen MR) is 136 cm³/mol. The number of nitrogens with zero attached hydrogens (tertiary/aromatic N) is 3. The average molecular weight is 482 g/mol. The average Bonchev–Trinajstić information content (AvgIpc) is 3.42. The first-order valence-corrected chi connectivity index (χ1v) is 11.2. The first kappa shape index (κ1) is 22.9. The molecule has 0 aliphatic heterocycles. The molecule has 9 heteroatoms. The molecule has 0 spiro atoms. The van der Waals surface area contributed by atoms with E-state index in [2.05, 4.69) is 25.6 Å². The third-order valence-electron chi connectivity index (χ3n) is 5.65. The van der Waals surface area contributed by atoms with Crippen LogP contribution in [0.1, 0.15) is 21.5 Å². The van der Waals surface area contributed by atoms with Crippen molar-refractivity contribution in [3.63, 3.8) is 0 Å². The van der Waals surface area contributed by atoms with Crippen molar-refractivity contribution in [3.8, 4) is 11.5 Å². The van der Waals surface area contributed by atoms with Crippen molar-refractivity contribution in [3.05, 3.63) is 96.1 Å². The van der Waals surface area contributed by atoms with Gasteiger partial charge in [0.2, 0.25) is 0 Å². The Labute approximate surface area is 207 Å². The molecule has 0 unspecified atom stereocenters. The van der Waals surface area contributed by atoms with E-state index in [0.29, 0.717) is 29.3 Å². The van der Waals surface area contributed by atoms with Crippen molar-refractivity contribution in [1.82, 2.24) is 15.0 Å². The van der Waals surface area contributed by atoms with E-state index in [1.807, 2.05) is 42.5 Å². The number of pyridine rings is 2. The minimum Gasteiger partial charge on any atom is -0.493 e. The van der Waals surface area contributed by atoms with Crippen LogP contribution in [0.3, 0.4) is 0 Å². The van der Waals surface area contributed by atoms with Gasteiger partial charge in [0.05, 0.1) is 31.5 Å². The van der Waals surface area contributed by atoms with E-state index in [-0.39, 0.29) is 11.9 Å². The van der Waals surface area contributed by atoms with Gasteiger partial charge in [0, 0.05) is 29.5 Å². The molecule has 0 radical (unpaired) electrons. The summed E-state index contributed by atoms with van der Waals surface area (Å²) in [6.45, 7) is 0. The Kier molecular flexibility index (Phi) is 6.44. The maximum atomic E-state index is 12.7. The van der Waals surface area contributed by atoms with Gasteiger partial charge in [-0.2, -0.15) is 0 Å². The van der Waals surface area contributed by atoms with Crippen molar-refractivity contribution in [2.75, 3.05) is 24.9 Å². The second kappa shape index (κ2) is 10.1. The third kappa shape index (κ3) is 4.80. The van der Waals surface area contributed by atoms with E-state index >= 15 is 0 Å². The number of fused-ring (bicyclic) bond motifs is 1. The van der Waals surface area contributed by atoms with Crippen LogP contribution in [0.5, 0.6) is 11.5 Å². The number of anilines is 3. The highest BCUT2D eigenvalue weighted by molar-refractivity contribution is 6.06. The maximum Gasteiger partial charge on any atom is 0.301 e. The van der Waals surface area contributed by atoms with Crippen LogP contribution in [0.2, 0.25) is 0 Å². The number of hydrogen-bond donors (Lipinski definition) is 2. The lowest BCUT2D eigenvalue weighted by atomic mass is 10.0. The highest BCUT2D eigenvalue weighted by Crippen LogP contribution is 2.33. The Morgan fingerprint density at radius 2 is 1.72 bits per heavy atom. The zero-order chi connectivity index (χ0) is 24.9. The number of benzene rings is 2. The van der Waals surface area contributed by atoms with Crippen LogP contribution in [0.25, 0.3) is 10.9 Å². The number of amides is 1. The monoisotopic (exact) mass is 481 g/mol. The summed E-state index contributed by atoms with van der Waals surface area (Å²) >= 11 is 0. The van der Waals surface area contributed by atoms with E-state index < -0.39 is 0 Å². The first-order valence-electron chi connectivity index (χ1n) is 11.2. The van der Waals surface area contributed by atoms with E-state index in [0.717, 1.165) is 27.7 Å². The molecule has 1 amide bonds. The molecule has 5 rings (SSSR count). The summed E-state index contributed by atoms with van der Waals surface area (Å²) in [5, 5.41) is 6.84. The van der Waals surface area contributed by atoms with E-state index in [1.54, 1.807) is 38.7 Å². The summed E-state index contributed by atoms with van der Waals surface area (Å²) in [5.74, 6) is 1.36. The fourth-order valence-electron chi connectivity index (χ4n) is 3.88. The lowest BCUT2D eigenvalue weighted by Gasteiger charge is -2.12. The highest BCUT2D eigenvalue weighted by Gasteiger charge is 2.15. The molecule has 2 aromatic carbocycles. The lowest BCUT2D eigenvalue weighted by molar-refractivity contribution is 0.102. The van der Waals surface area contributed by atoms with Crippen molar-refractivity contribution in [2.45, 2.75) is 6.42 Å². The van der Waals surface area contributed by atoms with Gasteiger partial charge in [-0.05, 0) is 53.9 Å². The molecule has 5 aromatic rings. The van der Waals surface area contributed by atoms with Gasteiger partial charge in [0.15, 0.2) is 11.5 Å². The van der Waals surface area contributed by atoms with Gasteiger partial charge in [-0.3, -0.25) is 15.1 Å². The van der Waals surface area contributed by atoms with Gasteiger partial charge in [0.1, 0.15) is 12.1 Å². The Morgan fingerprint density at radius 3 is 2.47 bits per heavy atom. The first-order chi connectivity index (χ1) is 17.6. The molecular weight excluding hydrogens is 458 g/mol. The fourth-order valence-corrected chi connectivity index (χ4v) is 3.88.